The van der Waals surface area contributed by atoms with Crippen LogP contribution in [0.15, 0.2) is 94.5 Å². The molecule has 0 fully saturated rings. The first-order valence-electron chi connectivity index (χ1n) is 22.5. The summed E-state index contributed by atoms with van der Waals surface area (Å²) in [6, 6.07) is 16.9. The summed E-state index contributed by atoms with van der Waals surface area (Å²) >= 11 is 0. The molecule has 0 aliphatic heterocycles. The van der Waals surface area contributed by atoms with E-state index in [1.165, 1.54) is 16.7 Å². The molecule has 1 aliphatic carbocycles. The van der Waals surface area contributed by atoms with Crippen LogP contribution in [-0.4, -0.2) is 0 Å². The lowest BCUT2D eigenvalue weighted by molar-refractivity contribution is 0.315. The average molecular weight is 891 g/mol. The van der Waals surface area contributed by atoms with E-state index in [1.54, 1.807) is 0 Å². The Balaban J connectivity index is 1.80. The van der Waals surface area contributed by atoms with E-state index in [0.29, 0.717) is 11.5 Å². The van der Waals surface area contributed by atoms with Crippen LogP contribution in [0.25, 0.3) is 11.1 Å². The highest BCUT2D eigenvalue weighted by atomic mass is 31.2. The van der Waals surface area contributed by atoms with Crippen molar-refractivity contribution in [3.8, 4) is 34.1 Å². The van der Waals surface area contributed by atoms with Gasteiger partial charge < -0.3 is 27.1 Å². The third-order valence-corrected chi connectivity index (χ3v) is 14.1. The summed E-state index contributed by atoms with van der Waals surface area (Å²) in [6.45, 7) is 38.5. The van der Waals surface area contributed by atoms with Crippen LogP contribution >= 0.6 is 17.2 Å². The van der Waals surface area contributed by atoms with Crippen molar-refractivity contribution in [3.05, 3.63) is 150 Å². The summed E-state index contributed by atoms with van der Waals surface area (Å²) in [7, 11) is -4.01. The van der Waals surface area contributed by atoms with Gasteiger partial charge in [0.25, 0.3) is 0 Å². The standard InChI is InChI=1S/C55H72O6P2/c1-19-46-22-25-51(42(15)29-46)59-63(58-50-24-21-36(9)28-41(50)14)61-55-48(34(6)7)31-38(11)44(17)53(55)52-43(16)37(10)30-47(33(4)5)54(52)60-62(56-45(18)39(12)26-32(2)3)57-49-23-20-35(8)27-40(49)13/h20-21,23-24,26-31,33-34H,19,22,25H2,1-18H3/b45-39+. The molecule has 0 bridgehead atoms. The molecule has 0 saturated carbocycles. The Morgan fingerprint density at radius 2 is 1.06 bits per heavy atom. The van der Waals surface area contributed by atoms with Crippen LogP contribution in [0.3, 0.4) is 0 Å². The van der Waals surface area contributed by atoms with Gasteiger partial charge in [-0.3, -0.25) is 0 Å². The van der Waals surface area contributed by atoms with Crippen LogP contribution in [0.2, 0.25) is 0 Å². The van der Waals surface area contributed by atoms with E-state index in [2.05, 4.69) is 166 Å². The second kappa shape index (κ2) is 21.5. The Labute approximate surface area is 382 Å². The van der Waals surface area contributed by atoms with Gasteiger partial charge in [0, 0.05) is 17.5 Å². The molecular weight excluding hydrogens is 819 g/mol. The van der Waals surface area contributed by atoms with Crippen molar-refractivity contribution < 1.29 is 27.1 Å². The van der Waals surface area contributed by atoms with Gasteiger partial charge in [-0.2, -0.15) is 0 Å². The normalized spacial score (nSPS) is 14.3. The van der Waals surface area contributed by atoms with Gasteiger partial charge in [-0.25, -0.2) is 0 Å². The zero-order valence-corrected chi connectivity index (χ0v) is 43.2. The zero-order valence-electron chi connectivity index (χ0n) is 41.4. The molecule has 2 atom stereocenters. The minimum atomic E-state index is -2.02. The van der Waals surface area contributed by atoms with Gasteiger partial charge in [-0.05, 0) is 182 Å². The van der Waals surface area contributed by atoms with E-state index in [1.807, 2.05) is 19.1 Å². The van der Waals surface area contributed by atoms with Crippen LogP contribution in [-0.2, 0) is 9.05 Å². The Hall–Kier alpha value is -4.50. The van der Waals surface area contributed by atoms with E-state index < -0.39 is 17.2 Å². The molecule has 0 aromatic heterocycles. The maximum Gasteiger partial charge on any atom is 0.529 e. The monoisotopic (exact) mass is 890 g/mol. The maximum atomic E-state index is 7.37. The lowest BCUT2D eigenvalue weighted by Crippen LogP contribution is -2.10. The minimum Gasteiger partial charge on any atom is -0.413 e. The summed E-state index contributed by atoms with van der Waals surface area (Å²) in [5.41, 5.74) is 17.6. The molecule has 4 aromatic carbocycles. The summed E-state index contributed by atoms with van der Waals surface area (Å²) < 4.78 is 42.1. The molecule has 0 spiro atoms. The lowest BCUT2D eigenvalue weighted by atomic mass is 9.84. The highest BCUT2D eigenvalue weighted by Gasteiger charge is 2.34. The third-order valence-electron chi connectivity index (χ3n) is 11.9. The fourth-order valence-electron chi connectivity index (χ4n) is 7.85. The quantitative estimate of drug-likeness (QED) is 0.0598. The van der Waals surface area contributed by atoms with Crippen molar-refractivity contribution in [2.45, 2.75) is 156 Å². The maximum absolute atomic E-state index is 7.37. The second-order valence-electron chi connectivity index (χ2n) is 18.3. The smallest absolute Gasteiger partial charge is 0.413 e. The van der Waals surface area contributed by atoms with Crippen LogP contribution in [0, 0.1) is 55.4 Å². The van der Waals surface area contributed by atoms with Gasteiger partial charge in [0.1, 0.15) is 34.5 Å². The predicted molar refractivity (Wildman–Crippen MR) is 267 cm³/mol. The van der Waals surface area contributed by atoms with Crippen LogP contribution < -0.4 is 18.1 Å². The SMILES string of the molecule is CCC1=CC(C)=C(OP(Oc2ccc(C)cc2C)Oc2c(C(C)C)cc(C)c(C)c2-c2c(C)c(C)cc(C(C)C)c2OP(O/C(C)=C(\C)C=C(C)C)Oc2ccc(C)cc2C)CC1. The Morgan fingerprint density at radius 3 is 1.49 bits per heavy atom. The van der Waals surface area contributed by atoms with Crippen LogP contribution in [0.1, 0.15) is 156 Å². The highest BCUT2D eigenvalue weighted by Crippen LogP contribution is 2.57. The molecule has 0 amide bonds. The molecule has 0 radical (unpaired) electrons. The molecule has 6 nitrogen and oxygen atoms in total. The molecule has 63 heavy (non-hydrogen) atoms. The number of hydrogen-bond donors (Lipinski definition) is 0. The van der Waals surface area contributed by atoms with Crippen LogP contribution in [0.5, 0.6) is 23.0 Å². The van der Waals surface area contributed by atoms with Crippen molar-refractivity contribution >= 4 is 17.2 Å². The van der Waals surface area contributed by atoms with Crippen molar-refractivity contribution in [2.24, 2.45) is 0 Å². The Kier molecular flexibility index (Phi) is 16.9. The summed E-state index contributed by atoms with van der Waals surface area (Å²) in [5, 5.41) is 0. The van der Waals surface area contributed by atoms with Gasteiger partial charge in [-0.1, -0.05) is 105 Å². The van der Waals surface area contributed by atoms with E-state index in [4.69, 9.17) is 27.1 Å². The average Bonchev–Trinajstić information content (AvgIpc) is 3.20. The molecule has 2 unspecified atom stereocenters. The molecule has 0 saturated heterocycles. The van der Waals surface area contributed by atoms with Gasteiger partial charge >= 0.3 is 17.2 Å². The molecular formula is C55H72O6P2. The summed E-state index contributed by atoms with van der Waals surface area (Å²) in [5.74, 6) is 4.75. The number of allylic oxidation sites excluding steroid dienone is 8. The largest absolute Gasteiger partial charge is 0.529 e. The predicted octanol–water partition coefficient (Wildman–Crippen LogP) is 18.1. The first-order valence-corrected chi connectivity index (χ1v) is 24.7. The minimum absolute atomic E-state index is 0.106. The third kappa shape index (κ3) is 12.2. The van der Waals surface area contributed by atoms with E-state index >= 15 is 0 Å². The first kappa shape index (κ1) is 49.5. The number of rotatable bonds is 17. The topological polar surface area (TPSA) is 55.4 Å². The van der Waals surface area contributed by atoms with Gasteiger partial charge in [0.05, 0.1) is 0 Å². The zero-order chi connectivity index (χ0) is 46.4. The highest BCUT2D eigenvalue weighted by molar-refractivity contribution is 7.43. The number of benzene rings is 4. The molecule has 0 heterocycles. The Bertz CT molecular complexity index is 2450. The molecule has 0 N–H and O–H groups in total. The van der Waals surface area contributed by atoms with E-state index in [9.17, 15) is 0 Å². The fourth-order valence-corrected chi connectivity index (χ4v) is 10.3. The molecule has 4 aromatic rings. The summed E-state index contributed by atoms with van der Waals surface area (Å²) in [6.07, 6.45) is 7.14. The first-order chi connectivity index (χ1) is 29.7. The molecule has 8 heteroatoms. The van der Waals surface area contributed by atoms with E-state index in [-0.39, 0.29) is 11.8 Å². The van der Waals surface area contributed by atoms with Crippen molar-refractivity contribution in [2.75, 3.05) is 0 Å². The second-order valence-corrected chi connectivity index (χ2v) is 20.3. The lowest BCUT2D eigenvalue weighted by Gasteiger charge is -2.30. The fraction of sp³-hybridized carbons (Fsp3) is 0.418. The van der Waals surface area contributed by atoms with Crippen molar-refractivity contribution in [1.82, 2.24) is 0 Å². The van der Waals surface area contributed by atoms with Gasteiger partial charge in [0.2, 0.25) is 0 Å². The van der Waals surface area contributed by atoms with E-state index in [0.717, 1.165) is 115 Å². The molecule has 5 rings (SSSR count). The number of hydrogen-bond acceptors (Lipinski definition) is 6. The number of aryl methyl sites for hydroxylation is 6. The van der Waals surface area contributed by atoms with Crippen molar-refractivity contribution in [3.63, 3.8) is 0 Å². The van der Waals surface area contributed by atoms with Gasteiger partial charge in [-0.15, -0.1) is 0 Å². The van der Waals surface area contributed by atoms with Crippen molar-refractivity contribution in [1.29, 1.82) is 0 Å². The molecule has 338 valence electrons. The molecule has 1 aliphatic rings. The van der Waals surface area contributed by atoms with Crippen LogP contribution in [0.4, 0.5) is 0 Å². The van der Waals surface area contributed by atoms with Gasteiger partial charge in [0.15, 0.2) is 0 Å². The Morgan fingerprint density at radius 1 is 0.587 bits per heavy atom. The summed E-state index contributed by atoms with van der Waals surface area (Å²) in [4.78, 5) is 0.